The maximum atomic E-state index is 13.7. The van der Waals surface area contributed by atoms with E-state index in [4.69, 9.17) is 0 Å². The zero-order valence-electron chi connectivity index (χ0n) is 12.4. The Kier molecular flexibility index (Phi) is 4.06. The van der Waals surface area contributed by atoms with Crippen molar-refractivity contribution >= 4 is 0 Å². The quantitative estimate of drug-likeness (QED) is 0.905. The molecule has 1 aromatic rings. The highest BCUT2D eigenvalue weighted by Gasteiger charge is 2.37. The van der Waals surface area contributed by atoms with Gasteiger partial charge in [-0.3, -0.25) is 9.80 Å². The van der Waals surface area contributed by atoms with E-state index in [-0.39, 0.29) is 11.9 Å². The van der Waals surface area contributed by atoms with Gasteiger partial charge in [-0.2, -0.15) is 0 Å². The average Bonchev–Trinajstić information content (AvgIpc) is 2.45. The number of benzene rings is 1. The number of nitrogens with zero attached hydrogens (tertiary/aromatic N) is 2. The smallest absolute Gasteiger partial charge is 0.123 e. The topological polar surface area (TPSA) is 18.5 Å². The van der Waals surface area contributed by atoms with Crippen LogP contribution in [0.3, 0.4) is 0 Å². The number of nitrogens with one attached hydrogen (secondary N) is 1. The Morgan fingerprint density at radius 2 is 2.00 bits per heavy atom. The summed E-state index contributed by atoms with van der Waals surface area (Å²) >= 11 is 0. The maximum Gasteiger partial charge on any atom is 0.123 e. The Balaban J connectivity index is 1.88. The molecule has 1 N–H and O–H groups in total. The molecule has 0 amide bonds. The predicted octanol–water partition coefficient (Wildman–Crippen LogP) is 1.78. The number of rotatable bonds is 4. The summed E-state index contributed by atoms with van der Waals surface area (Å²) in [6.45, 7) is 10.7. The van der Waals surface area contributed by atoms with E-state index in [9.17, 15) is 4.39 Å². The van der Waals surface area contributed by atoms with E-state index in [0.29, 0.717) is 6.04 Å². The first-order chi connectivity index (χ1) is 9.67. The molecule has 2 atom stereocenters. The molecule has 0 radical (unpaired) electrons. The van der Waals surface area contributed by atoms with E-state index in [1.165, 1.54) is 13.1 Å². The fourth-order valence-corrected chi connectivity index (χ4v) is 3.61. The number of likely N-dealkylation sites (N-methyl/N-ethyl adjacent to an activating group) is 1. The van der Waals surface area contributed by atoms with Crippen molar-refractivity contribution in [3.05, 3.63) is 35.1 Å². The lowest BCUT2D eigenvalue weighted by Gasteiger charge is -2.50. The van der Waals surface area contributed by atoms with Crippen LogP contribution in [0.5, 0.6) is 0 Å². The van der Waals surface area contributed by atoms with Gasteiger partial charge >= 0.3 is 0 Å². The van der Waals surface area contributed by atoms with Crippen molar-refractivity contribution < 1.29 is 4.39 Å². The van der Waals surface area contributed by atoms with Crippen molar-refractivity contribution in [1.29, 1.82) is 0 Å². The monoisotopic (exact) mass is 277 g/mol. The Morgan fingerprint density at radius 1 is 1.25 bits per heavy atom. The molecule has 0 saturated carbocycles. The molecule has 2 bridgehead atoms. The fraction of sp³-hybridized carbons (Fsp3) is 0.625. The van der Waals surface area contributed by atoms with Crippen LogP contribution in [0.1, 0.15) is 24.1 Å². The van der Waals surface area contributed by atoms with E-state index in [1.54, 1.807) is 12.1 Å². The van der Waals surface area contributed by atoms with Gasteiger partial charge in [-0.25, -0.2) is 4.39 Å². The first kappa shape index (κ1) is 14.0. The summed E-state index contributed by atoms with van der Waals surface area (Å²) in [5.74, 6) is -0.126. The minimum absolute atomic E-state index is 0.126. The van der Waals surface area contributed by atoms with E-state index in [1.807, 2.05) is 6.92 Å². The molecule has 4 rings (SSSR count). The molecular weight excluding hydrogens is 253 g/mol. The van der Waals surface area contributed by atoms with Crippen molar-refractivity contribution in [3.8, 4) is 0 Å². The molecule has 110 valence electrons. The largest absolute Gasteiger partial charge is 0.309 e. The third kappa shape index (κ3) is 2.73. The third-order valence-corrected chi connectivity index (χ3v) is 4.55. The molecule has 0 aromatic heterocycles. The highest BCUT2D eigenvalue weighted by molar-refractivity contribution is 5.28. The van der Waals surface area contributed by atoms with Crippen LogP contribution in [-0.2, 0) is 0 Å². The molecule has 3 aliphatic rings. The number of hydrogen-bond donors (Lipinski definition) is 1. The van der Waals surface area contributed by atoms with Crippen molar-refractivity contribution in [2.45, 2.75) is 25.9 Å². The first-order valence-corrected chi connectivity index (χ1v) is 7.64. The number of aryl methyl sites for hydroxylation is 1. The zero-order chi connectivity index (χ0) is 14.1. The lowest BCUT2D eigenvalue weighted by atomic mass is 9.93. The SMILES string of the molecule is CCNC(c1cc(C)cc(F)c1)C1CN2CCN1CC2. The van der Waals surface area contributed by atoms with Gasteiger partial charge in [0.1, 0.15) is 5.82 Å². The van der Waals surface area contributed by atoms with E-state index in [2.05, 4.69) is 28.1 Å². The first-order valence-electron chi connectivity index (χ1n) is 7.64. The van der Waals surface area contributed by atoms with Gasteiger partial charge in [0.2, 0.25) is 0 Å². The van der Waals surface area contributed by atoms with Crippen molar-refractivity contribution in [3.63, 3.8) is 0 Å². The van der Waals surface area contributed by atoms with Crippen molar-refractivity contribution in [2.75, 3.05) is 39.3 Å². The molecular formula is C16H24FN3. The summed E-state index contributed by atoms with van der Waals surface area (Å²) in [6.07, 6.45) is 0. The summed E-state index contributed by atoms with van der Waals surface area (Å²) in [5, 5.41) is 3.57. The molecule has 3 heterocycles. The molecule has 4 heteroatoms. The van der Waals surface area contributed by atoms with E-state index >= 15 is 0 Å². The van der Waals surface area contributed by atoms with Gasteiger partial charge in [-0.1, -0.05) is 13.0 Å². The van der Waals surface area contributed by atoms with Crippen LogP contribution in [-0.4, -0.2) is 55.1 Å². The lowest BCUT2D eigenvalue weighted by molar-refractivity contribution is -0.00347. The third-order valence-electron chi connectivity index (χ3n) is 4.55. The van der Waals surface area contributed by atoms with Crippen LogP contribution < -0.4 is 5.32 Å². The van der Waals surface area contributed by atoms with Crippen LogP contribution >= 0.6 is 0 Å². The Morgan fingerprint density at radius 3 is 2.55 bits per heavy atom. The van der Waals surface area contributed by atoms with E-state index in [0.717, 1.165) is 37.3 Å². The molecule has 2 unspecified atom stereocenters. The predicted molar refractivity (Wildman–Crippen MR) is 79.4 cm³/mol. The molecule has 3 saturated heterocycles. The average molecular weight is 277 g/mol. The summed E-state index contributed by atoms with van der Waals surface area (Å²) in [7, 11) is 0. The van der Waals surface area contributed by atoms with Crippen molar-refractivity contribution in [1.82, 2.24) is 15.1 Å². The summed E-state index contributed by atoms with van der Waals surface area (Å²) < 4.78 is 13.7. The number of hydrogen-bond acceptors (Lipinski definition) is 3. The Labute approximate surface area is 120 Å². The molecule has 0 spiro atoms. The van der Waals surface area contributed by atoms with Crippen LogP contribution in [0, 0.1) is 12.7 Å². The number of piperazine rings is 3. The van der Waals surface area contributed by atoms with E-state index < -0.39 is 0 Å². The van der Waals surface area contributed by atoms with Crippen LogP contribution in [0.15, 0.2) is 18.2 Å². The molecule has 1 aromatic carbocycles. The summed E-state index contributed by atoms with van der Waals surface area (Å²) in [6, 6.07) is 6.09. The zero-order valence-corrected chi connectivity index (χ0v) is 12.4. The van der Waals surface area contributed by atoms with Gasteiger partial charge in [0.25, 0.3) is 0 Å². The van der Waals surface area contributed by atoms with Crippen LogP contribution in [0.2, 0.25) is 0 Å². The molecule has 3 aliphatic heterocycles. The molecule has 3 nitrogen and oxygen atoms in total. The van der Waals surface area contributed by atoms with Crippen LogP contribution in [0.4, 0.5) is 4.39 Å². The van der Waals surface area contributed by atoms with Crippen LogP contribution in [0.25, 0.3) is 0 Å². The standard InChI is InChI=1S/C16H24FN3/c1-3-18-16(13-8-12(2)9-14(17)10-13)15-11-19-4-6-20(15)7-5-19/h8-10,15-16,18H,3-7,11H2,1-2H3. The summed E-state index contributed by atoms with van der Waals surface area (Å²) in [5.41, 5.74) is 2.09. The Hall–Kier alpha value is -0.970. The fourth-order valence-electron chi connectivity index (χ4n) is 3.61. The van der Waals surface area contributed by atoms with Gasteiger partial charge in [0.15, 0.2) is 0 Å². The minimum atomic E-state index is -0.126. The number of halogens is 1. The highest BCUT2D eigenvalue weighted by atomic mass is 19.1. The molecule has 3 fully saturated rings. The summed E-state index contributed by atoms with van der Waals surface area (Å²) in [4.78, 5) is 5.09. The number of fused-ring (bicyclic) bond motifs is 3. The second kappa shape index (κ2) is 5.80. The normalized spacial score (nSPS) is 30.4. The van der Waals surface area contributed by atoms with Gasteiger partial charge in [0.05, 0.1) is 0 Å². The molecule has 0 aliphatic carbocycles. The molecule has 20 heavy (non-hydrogen) atoms. The van der Waals surface area contributed by atoms with Gasteiger partial charge in [0, 0.05) is 44.8 Å². The van der Waals surface area contributed by atoms with Gasteiger partial charge in [-0.05, 0) is 36.7 Å². The lowest BCUT2D eigenvalue weighted by Crippen LogP contribution is -2.64. The maximum absolute atomic E-state index is 13.7. The van der Waals surface area contributed by atoms with Crippen molar-refractivity contribution in [2.24, 2.45) is 0 Å². The second-order valence-electron chi connectivity index (χ2n) is 6.00. The van der Waals surface area contributed by atoms with Gasteiger partial charge < -0.3 is 5.32 Å². The highest BCUT2D eigenvalue weighted by Crippen LogP contribution is 2.28. The second-order valence-corrected chi connectivity index (χ2v) is 6.00. The Bertz CT molecular complexity index is 449. The van der Waals surface area contributed by atoms with Gasteiger partial charge in [-0.15, -0.1) is 0 Å². The minimum Gasteiger partial charge on any atom is -0.309 e.